The molecule has 0 aliphatic rings. The molecule has 5 nitrogen and oxygen atoms in total. The Morgan fingerprint density at radius 1 is 1.17 bits per heavy atom. The van der Waals surface area contributed by atoms with Crippen LogP contribution in [0.2, 0.25) is 0 Å². The fourth-order valence-electron chi connectivity index (χ4n) is 2.44. The fourth-order valence-corrected chi connectivity index (χ4v) is 2.44. The van der Waals surface area contributed by atoms with Crippen LogP contribution in [0.4, 0.5) is 5.69 Å². The molecular weight excluding hydrogens is 323 g/mol. The van der Waals surface area contributed by atoms with Crippen LogP contribution in [0.15, 0.2) is 48.5 Å². The Morgan fingerprint density at radius 3 is 2.42 bits per heavy atom. The summed E-state index contributed by atoms with van der Waals surface area (Å²) < 4.78 is 0. The lowest BCUT2D eigenvalue weighted by Gasteiger charge is -2.12. The third-order valence-corrected chi connectivity index (χ3v) is 3.77. The maximum absolute atomic E-state index is 12.1. The van der Waals surface area contributed by atoms with Crippen molar-refractivity contribution in [3.8, 4) is 0 Å². The number of para-hydroxylation sites is 1. The molecule has 0 aliphatic carbocycles. The van der Waals surface area contributed by atoms with E-state index in [9.17, 15) is 14.9 Å². The molecule has 0 radical (unpaired) electrons. The minimum Gasteiger partial charge on any atom is -0.352 e. The van der Waals surface area contributed by atoms with E-state index in [1.165, 1.54) is 11.6 Å². The molecule has 0 aliphatic heterocycles. The quantitative estimate of drug-likeness (QED) is 0.492. The molecule has 128 valence electrons. The SMILES string of the molecule is Cc1ccc(CNC(=O)CC(C)c2ccccc2[N+](=O)[O-])cc1.P. The van der Waals surface area contributed by atoms with Crippen molar-refractivity contribution in [1.29, 1.82) is 0 Å². The Morgan fingerprint density at radius 2 is 1.79 bits per heavy atom. The molecule has 1 amide bonds. The Bertz CT molecular complexity index is 702. The highest BCUT2D eigenvalue weighted by Gasteiger charge is 2.20. The maximum Gasteiger partial charge on any atom is 0.272 e. The average Bonchev–Trinajstić information content (AvgIpc) is 2.54. The number of rotatable bonds is 6. The number of benzene rings is 2. The van der Waals surface area contributed by atoms with Crippen LogP contribution in [-0.4, -0.2) is 10.8 Å². The van der Waals surface area contributed by atoms with Gasteiger partial charge < -0.3 is 5.32 Å². The zero-order chi connectivity index (χ0) is 16.8. The van der Waals surface area contributed by atoms with E-state index in [4.69, 9.17) is 0 Å². The van der Waals surface area contributed by atoms with Gasteiger partial charge in [0.1, 0.15) is 0 Å². The first kappa shape index (κ1) is 19.8. The highest BCUT2D eigenvalue weighted by molar-refractivity contribution is 6.92. The summed E-state index contributed by atoms with van der Waals surface area (Å²) in [5, 5.41) is 13.9. The van der Waals surface area contributed by atoms with Crippen LogP contribution >= 0.6 is 9.90 Å². The van der Waals surface area contributed by atoms with E-state index in [2.05, 4.69) is 5.32 Å². The van der Waals surface area contributed by atoms with E-state index >= 15 is 0 Å². The summed E-state index contributed by atoms with van der Waals surface area (Å²) in [6.07, 6.45) is 0.219. The van der Waals surface area contributed by atoms with Crippen LogP contribution in [0.25, 0.3) is 0 Å². The Labute approximate surface area is 145 Å². The van der Waals surface area contributed by atoms with Crippen molar-refractivity contribution in [2.75, 3.05) is 0 Å². The van der Waals surface area contributed by atoms with Gasteiger partial charge in [0.05, 0.1) is 4.92 Å². The maximum atomic E-state index is 12.1. The average molecular weight is 346 g/mol. The summed E-state index contributed by atoms with van der Waals surface area (Å²) >= 11 is 0. The molecular formula is C18H23N2O3P. The van der Waals surface area contributed by atoms with E-state index in [0.717, 1.165) is 5.56 Å². The molecule has 2 rings (SSSR count). The molecule has 0 aromatic heterocycles. The summed E-state index contributed by atoms with van der Waals surface area (Å²) in [5.41, 5.74) is 2.85. The van der Waals surface area contributed by atoms with Crippen LogP contribution in [0.5, 0.6) is 0 Å². The monoisotopic (exact) mass is 346 g/mol. The van der Waals surface area contributed by atoms with Crippen molar-refractivity contribution >= 4 is 21.5 Å². The van der Waals surface area contributed by atoms with Gasteiger partial charge in [-0.1, -0.05) is 55.0 Å². The number of hydrogen-bond acceptors (Lipinski definition) is 3. The lowest BCUT2D eigenvalue weighted by molar-refractivity contribution is -0.385. The zero-order valence-electron chi connectivity index (χ0n) is 14.0. The summed E-state index contributed by atoms with van der Waals surface area (Å²) in [6, 6.07) is 14.5. The highest BCUT2D eigenvalue weighted by atomic mass is 31.0. The van der Waals surface area contributed by atoms with Gasteiger partial charge in [0.2, 0.25) is 5.91 Å². The second kappa shape index (κ2) is 9.14. The van der Waals surface area contributed by atoms with Crippen molar-refractivity contribution in [2.45, 2.75) is 32.7 Å². The van der Waals surface area contributed by atoms with Gasteiger partial charge in [-0.15, -0.1) is 0 Å². The third-order valence-electron chi connectivity index (χ3n) is 3.77. The number of nitrogens with zero attached hydrogens (tertiary/aromatic N) is 1. The fraction of sp³-hybridized carbons (Fsp3) is 0.278. The van der Waals surface area contributed by atoms with Gasteiger partial charge in [-0.2, -0.15) is 9.90 Å². The number of nitro groups is 1. The van der Waals surface area contributed by atoms with Gasteiger partial charge in [-0.05, 0) is 18.4 Å². The number of amides is 1. The molecule has 0 saturated heterocycles. The molecule has 0 spiro atoms. The standard InChI is InChI=1S/C18H20N2O3.H3P/c1-13-7-9-15(10-8-13)12-19-18(21)11-14(2)16-5-3-4-6-17(16)20(22)23;/h3-10,14H,11-12H2,1-2H3,(H,19,21);1H3. The summed E-state index contributed by atoms with van der Waals surface area (Å²) in [5.74, 6) is -0.328. The number of hydrogen-bond donors (Lipinski definition) is 1. The van der Waals surface area contributed by atoms with E-state index in [-0.39, 0.29) is 33.8 Å². The number of nitro benzene ring substituents is 1. The van der Waals surface area contributed by atoms with Gasteiger partial charge >= 0.3 is 0 Å². The van der Waals surface area contributed by atoms with Crippen LogP contribution in [0.1, 0.15) is 36.0 Å². The lowest BCUT2D eigenvalue weighted by Crippen LogP contribution is -2.24. The third kappa shape index (κ3) is 5.43. The molecule has 0 saturated carbocycles. The second-order valence-corrected chi connectivity index (χ2v) is 5.68. The molecule has 1 N–H and O–H groups in total. The number of nitrogens with one attached hydrogen (secondary N) is 1. The Balaban J connectivity index is 0.00000288. The Hall–Kier alpha value is -2.26. The first-order valence-corrected chi connectivity index (χ1v) is 7.53. The predicted octanol–water partition coefficient (Wildman–Crippen LogP) is 3.77. The van der Waals surface area contributed by atoms with Crippen molar-refractivity contribution < 1.29 is 9.72 Å². The van der Waals surface area contributed by atoms with Crippen molar-refractivity contribution in [3.05, 3.63) is 75.3 Å². The first-order chi connectivity index (χ1) is 11.0. The van der Waals surface area contributed by atoms with E-state index in [1.54, 1.807) is 18.2 Å². The normalized spacial score (nSPS) is 11.2. The van der Waals surface area contributed by atoms with E-state index in [0.29, 0.717) is 12.1 Å². The minimum absolute atomic E-state index is 0. The molecule has 6 heteroatoms. The summed E-state index contributed by atoms with van der Waals surface area (Å²) in [7, 11) is 0. The van der Waals surface area contributed by atoms with Gasteiger partial charge in [-0.3, -0.25) is 14.9 Å². The van der Waals surface area contributed by atoms with Gasteiger partial charge in [0, 0.05) is 24.6 Å². The van der Waals surface area contributed by atoms with Gasteiger partial charge in [0.15, 0.2) is 0 Å². The van der Waals surface area contributed by atoms with Crippen LogP contribution < -0.4 is 5.32 Å². The predicted molar refractivity (Wildman–Crippen MR) is 100 cm³/mol. The Kier molecular flexibility index (Phi) is 7.53. The molecule has 0 heterocycles. The number of carbonyl (C=O) groups is 1. The van der Waals surface area contributed by atoms with Gasteiger partial charge in [0.25, 0.3) is 5.69 Å². The van der Waals surface area contributed by atoms with Crippen LogP contribution in [0, 0.1) is 17.0 Å². The van der Waals surface area contributed by atoms with Crippen molar-refractivity contribution in [1.82, 2.24) is 5.32 Å². The number of carbonyl (C=O) groups excluding carboxylic acids is 1. The molecule has 2 aromatic carbocycles. The second-order valence-electron chi connectivity index (χ2n) is 5.68. The topological polar surface area (TPSA) is 72.2 Å². The lowest BCUT2D eigenvalue weighted by atomic mass is 9.96. The highest BCUT2D eigenvalue weighted by Crippen LogP contribution is 2.28. The van der Waals surface area contributed by atoms with Crippen molar-refractivity contribution in [3.63, 3.8) is 0 Å². The zero-order valence-corrected chi connectivity index (χ0v) is 15.4. The van der Waals surface area contributed by atoms with E-state index in [1.807, 2.05) is 38.1 Å². The first-order valence-electron chi connectivity index (χ1n) is 7.53. The van der Waals surface area contributed by atoms with Crippen LogP contribution in [-0.2, 0) is 11.3 Å². The largest absolute Gasteiger partial charge is 0.352 e. The molecule has 2 atom stereocenters. The molecule has 2 unspecified atom stereocenters. The molecule has 24 heavy (non-hydrogen) atoms. The van der Waals surface area contributed by atoms with E-state index < -0.39 is 4.92 Å². The van der Waals surface area contributed by atoms with Crippen LogP contribution in [0.3, 0.4) is 0 Å². The molecule has 2 aromatic rings. The smallest absolute Gasteiger partial charge is 0.272 e. The number of aryl methyl sites for hydroxylation is 1. The summed E-state index contributed by atoms with van der Waals surface area (Å²) in [6.45, 7) is 4.30. The van der Waals surface area contributed by atoms with Crippen molar-refractivity contribution in [2.24, 2.45) is 0 Å². The minimum atomic E-state index is -0.407. The van der Waals surface area contributed by atoms with Gasteiger partial charge in [-0.25, -0.2) is 0 Å². The molecule has 0 bridgehead atoms. The summed E-state index contributed by atoms with van der Waals surface area (Å²) in [4.78, 5) is 22.7. The molecule has 0 fully saturated rings.